The Morgan fingerprint density at radius 2 is 1.67 bits per heavy atom. The van der Waals surface area contributed by atoms with Gasteiger partial charge in [-0.15, -0.1) is 0 Å². The van der Waals surface area contributed by atoms with E-state index in [4.69, 9.17) is 25.5 Å². The number of hydrogen-bond acceptors (Lipinski definition) is 6. The quantitative estimate of drug-likeness (QED) is 0.367. The van der Waals surface area contributed by atoms with Crippen LogP contribution in [0.3, 0.4) is 0 Å². The van der Waals surface area contributed by atoms with E-state index in [1.807, 2.05) is 0 Å². The SMILES string of the molecule is N=C(OC1CN2CCC1CC2)N1CCc2ccccc2C1c1ccccc1.O=C(O)CC(O)C(=O)O. The molecule has 0 radical (unpaired) electrons. The normalized spacial score (nSPS) is 25.1. The Kier molecular flexibility index (Phi) is 8.22. The number of fused-ring (bicyclic) bond motifs is 4. The maximum Gasteiger partial charge on any atom is 0.333 e. The zero-order valence-electron chi connectivity index (χ0n) is 20.1. The highest BCUT2D eigenvalue weighted by Crippen LogP contribution is 2.36. The molecule has 4 aliphatic heterocycles. The third-order valence-electron chi connectivity index (χ3n) is 7.17. The van der Waals surface area contributed by atoms with E-state index in [1.54, 1.807) is 0 Å². The average molecular weight is 496 g/mol. The Labute approximate surface area is 210 Å². The van der Waals surface area contributed by atoms with Crippen LogP contribution in [0.25, 0.3) is 0 Å². The average Bonchev–Trinajstić information content (AvgIpc) is 2.89. The van der Waals surface area contributed by atoms with Gasteiger partial charge in [0.15, 0.2) is 6.10 Å². The van der Waals surface area contributed by atoms with Crippen LogP contribution in [0.2, 0.25) is 0 Å². The number of aliphatic hydroxyl groups excluding tert-OH is 1. The number of rotatable bonds is 5. The van der Waals surface area contributed by atoms with E-state index < -0.39 is 24.5 Å². The van der Waals surface area contributed by atoms with E-state index in [9.17, 15) is 9.59 Å². The van der Waals surface area contributed by atoms with E-state index in [-0.39, 0.29) is 12.1 Å². The molecule has 36 heavy (non-hydrogen) atoms. The minimum absolute atomic E-state index is 0.0599. The van der Waals surface area contributed by atoms with Gasteiger partial charge in [-0.3, -0.25) is 15.1 Å². The van der Waals surface area contributed by atoms with Crippen molar-refractivity contribution in [2.24, 2.45) is 5.92 Å². The summed E-state index contributed by atoms with van der Waals surface area (Å²) in [5.41, 5.74) is 3.92. The Morgan fingerprint density at radius 3 is 2.25 bits per heavy atom. The number of piperidine rings is 3. The second-order valence-corrected chi connectivity index (χ2v) is 9.51. The topological polar surface area (TPSA) is 134 Å². The van der Waals surface area contributed by atoms with Gasteiger partial charge in [-0.1, -0.05) is 54.6 Å². The van der Waals surface area contributed by atoms with Crippen LogP contribution >= 0.6 is 0 Å². The van der Waals surface area contributed by atoms with E-state index in [1.165, 1.54) is 42.6 Å². The minimum Gasteiger partial charge on any atom is -0.481 e. The van der Waals surface area contributed by atoms with Crippen molar-refractivity contribution in [3.8, 4) is 0 Å². The van der Waals surface area contributed by atoms with Crippen molar-refractivity contribution in [3.05, 3.63) is 71.3 Å². The largest absolute Gasteiger partial charge is 0.481 e. The monoisotopic (exact) mass is 495 g/mol. The van der Waals surface area contributed by atoms with Gasteiger partial charge < -0.3 is 25.0 Å². The summed E-state index contributed by atoms with van der Waals surface area (Å²) in [6.07, 6.45) is 1.02. The van der Waals surface area contributed by atoms with Crippen LogP contribution in [0.4, 0.5) is 0 Å². The summed E-state index contributed by atoms with van der Waals surface area (Å²) in [6.45, 7) is 4.20. The third-order valence-corrected chi connectivity index (χ3v) is 7.17. The molecule has 4 aliphatic rings. The van der Waals surface area contributed by atoms with Crippen molar-refractivity contribution in [3.63, 3.8) is 0 Å². The zero-order valence-corrected chi connectivity index (χ0v) is 20.1. The summed E-state index contributed by atoms with van der Waals surface area (Å²) in [6, 6.07) is 19.6. The molecule has 0 spiro atoms. The number of aliphatic hydroxyl groups is 1. The second kappa shape index (κ2) is 11.5. The molecule has 9 heteroatoms. The van der Waals surface area contributed by atoms with Crippen molar-refractivity contribution in [2.75, 3.05) is 26.2 Å². The van der Waals surface area contributed by atoms with E-state index in [0.717, 1.165) is 19.5 Å². The first-order valence-corrected chi connectivity index (χ1v) is 12.3. The fourth-order valence-electron chi connectivity index (χ4n) is 5.29. The van der Waals surface area contributed by atoms with Crippen LogP contribution in [-0.2, 0) is 20.7 Å². The highest BCUT2D eigenvalue weighted by atomic mass is 16.5. The number of hydrogen-bond donors (Lipinski definition) is 4. The molecule has 4 N–H and O–H groups in total. The molecule has 2 bridgehead atoms. The summed E-state index contributed by atoms with van der Waals surface area (Å²) >= 11 is 0. The van der Waals surface area contributed by atoms with Crippen LogP contribution in [0, 0.1) is 11.3 Å². The number of amidine groups is 1. The Balaban J connectivity index is 0.000000292. The van der Waals surface area contributed by atoms with Gasteiger partial charge in [0, 0.05) is 13.1 Å². The molecule has 0 amide bonds. The molecule has 3 fully saturated rings. The lowest BCUT2D eigenvalue weighted by Gasteiger charge is -2.46. The maximum atomic E-state index is 9.72. The third kappa shape index (κ3) is 6.03. The minimum atomic E-state index is -1.79. The molecule has 3 atom stereocenters. The van der Waals surface area contributed by atoms with Crippen molar-refractivity contribution in [1.82, 2.24) is 9.80 Å². The second-order valence-electron chi connectivity index (χ2n) is 9.51. The number of carbonyl (C=O) groups is 2. The van der Waals surface area contributed by atoms with Gasteiger partial charge >= 0.3 is 11.9 Å². The summed E-state index contributed by atoms with van der Waals surface area (Å²) in [5.74, 6) is -2.23. The highest BCUT2D eigenvalue weighted by molar-refractivity contribution is 5.79. The number of carboxylic acid groups (broad SMARTS) is 2. The molecule has 0 aromatic heterocycles. The van der Waals surface area contributed by atoms with E-state index in [2.05, 4.69) is 64.4 Å². The molecule has 2 aromatic rings. The predicted octanol–water partition coefficient (Wildman–Crippen LogP) is 2.59. The van der Waals surface area contributed by atoms with Gasteiger partial charge in [-0.25, -0.2) is 4.79 Å². The van der Waals surface area contributed by atoms with Crippen LogP contribution in [0.1, 0.15) is 42.0 Å². The molecule has 0 saturated carbocycles. The predicted molar refractivity (Wildman–Crippen MR) is 133 cm³/mol. The van der Waals surface area contributed by atoms with Gasteiger partial charge in [0.1, 0.15) is 6.10 Å². The van der Waals surface area contributed by atoms with Gasteiger partial charge in [-0.2, -0.15) is 0 Å². The van der Waals surface area contributed by atoms with E-state index in [0.29, 0.717) is 11.9 Å². The van der Waals surface area contributed by atoms with Crippen molar-refractivity contribution in [1.29, 1.82) is 5.41 Å². The number of benzene rings is 2. The Hall–Kier alpha value is -3.43. The molecule has 0 aliphatic carbocycles. The zero-order chi connectivity index (χ0) is 25.7. The maximum absolute atomic E-state index is 9.72. The standard InChI is InChI=1S/C23H27N3O.C4H6O5/c24-23(27-21-16-25-13-10-18(21)11-14-25)26-15-12-17-6-4-5-9-20(17)22(26)19-7-2-1-3-8-19;5-2(4(8)9)1-3(6)7/h1-9,18,21-22,24H,10-16H2;2,5H,1H2,(H,6,7)(H,8,9). The van der Waals surface area contributed by atoms with Crippen molar-refractivity contribution >= 4 is 18.0 Å². The Bertz CT molecular complexity index is 1070. The summed E-state index contributed by atoms with van der Waals surface area (Å²) in [4.78, 5) is 24.1. The summed E-state index contributed by atoms with van der Waals surface area (Å²) in [5, 5.41) is 32.9. The first kappa shape index (κ1) is 25.7. The number of ether oxygens (including phenoxy) is 1. The van der Waals surface area contributed by atoms with Gasteiger partial charge in [0.25, 0.3) is 6.02 Å². The highest BCUT2D eigenvalue weighted by Gasteiger charge is 2.38. The smallest absolute Gasteiger partial charge is 0.333 e. The van der Waals surface area contributed by atoms with E-state index >= 15 is 0 Å². The van der Waals surface area contributed by atoms with Crippen LogP contribution in [0.5, 0.6) is 0 Å². The van der Waals surface area contributed by atoms with Gasteiger partial charge in [-0.05, 0) is 55.0 Å². The first-order chi connectivity index (χ1) is 17.3. The summed E-state index contributed by atoms with van der Waals surface area (Å²) < 4.78 is 6.30. The van der Waals surface area contributed by atoms with Crippen molar-refractivity contribution in [2.45, 2.75) is 43.9 Å². The molecule has 9 nitrogen and oxygen atoms in total. The number of aliphatic carboxylic acids is 2. The molecular weight excluding hydrogens is 462 g/mol. The fourth-order valence-corrected chi connectivity index (χ4v) is 5.29. The lowest BCUT2D eigenvalue weighted by atomic mass is 9.86. The fraction of sp³-hybridized carbons (Fsp3) is 0.444. The van der Waals surface area contributed by atoms with Crippen molar-refractivity contribution < 1.29 is 29.6 Å². The molecule has 3 unspecified atom stereocenters. The number of nitrogens with zero attached hydrogens (tertiary/aromatic N) is 2. The molecular formula is C27H33N3O6. The molecule has 4 heterocycles. The van der Waals surface area contributed by atoms with Gasteiger partial charge in [0.05, 0.1) is 12.5 Å². The lowest BCUT2D eigenvalue weighted by molar-refractivity contribution is -0.152. The lowest BCUT2D eigenvalue weighted by Crippen LogP contribution is -2.53. The first-order valence-electron chi connectivity index (χ1n) is 12.3. The van der Waals surface area contributed by atoms with Crippen LogP contribution in [0.15, 0.2) is 54.6 Å². The molecule has 2 aromatic carbocycles. The molecule has 3 saturated heterocycles. The molecule has 6 rings (SSSR count). The van der Waals surface area contributed by atoms with Gasteiger partial charge in [0.2, 0.25) is 0 Å². The Morgan fingerprint density at radius 1 is 1.00 bits per heavy atom. The number of carboxylic acids is 2. The number of nitrogens with one attached hydrogen (secondary N) is 1. The van der Waals surface area contributed by atoms with Crippen LogP contribution < -0.4 is 0 Å². The summed E-state index contributed by atoms with van der Waals surface area (Å²) in [7, 11) is 0. The van der Waals surface area contributed by atoms with Crippen LogP contribution in [-0.4, -0.2) is 81.5 Å². The molecule has 192 valence electrons.